The minimum Gasteiger partial charge on any atom is -0.477 e. The van der Waals surface area contributed by atoms with Gasteiger partial charge in [0.1, 0.15) is 17.0 Å². The molecule has 0 spiro atoms. The van der Waals surface area contributed by atoms with Crippen molar-refractivity contribution in [2.45, 2.75) is 32.8 Å². The number of nitrogens with one attached hydrogen (secondary N) is 5. The van der Waals surface area contributed by atoms with E-state index in [9.17, 15) is 24.3 Å². The van der Waals surface area contributed by atoms with Crippen molar-refractivity contribution in [2.75, 3.05) is 27.8 Å². The van der Waals surface area contributed by atoms with Gasteiger partial charge in [0.2, 0.25) is 17.8 Å². The Hall–Kier alpha value is -5.74. The Kier molecular flexibility index (Phi) is 9.20. The predicted octanol–water partition coefficient (Wildman–Crippen LogP) is 3.12. The van der Waals surface area contributed by atoms with E-state index >= 15 is 0 Å². The normalized spacial score (nSPS) is 11.2. The maximum absolute atomic E-state index is 12.8. The summed E-state index contributed by atoms with van der Waals surface area (Å²) in [7, 11) is 6.81. The number of hydrogen-bond donors (Lipinski definition) is 6. The molecule has 0 saturated carbocycles. The third-order valence-corrected chi connectivity index (χ3v) is 6.26. The number of rotatable bonds is 11. The molecule has 17 nitrogen and oxygen atoms in total. The van der Waals surface area contributed by atoms with Crippen molar-refractivity contribution < 1.29 is 29.0 Å². The molecular weight excluding hydrogens is 586 g/mol. The first-order chi connectivity index (χ1) is 21.1. The number of carboxylic acids is 1. The Morgan fingerprint density at radius 2 is 1.29 bits per heavy atom. The van der Waals surface area contributed by atoms with Crippen molar-refractivity contribution in [1.29, 1.82) is 0 Å². The van der Waals surface area contributed by atoms with E-state index in [4.69, 9.17) is 4.74 Å². The van der Waals surface area contributed by atoms with Crippen LogP contribution in [0.4, 0.5) is 39.7 Å². The first kappa shape index (κ1) is 32.2. The van der Waals surface area contributed by atoms with E-state index in [-0.39, 0.29) is 30.5 Å². The minimum absolute atomic E-state index is 0.00194. The molecule has 45 heavy (non-hydrogen) atoms. The Balaban J connectivity index is 1.27. The van der Waals surface area contributed by atoms with Gasteiger partial charge in [0, 0.05) is 65.9 Å². The highest BCUT2D eigenvalue weighted by atomic mass is 16.6. The molecule has 4 heterocycles. The monoisotopic (exact) mass is 623 g/mol. The molecule has 4 aromatic rings. The number of aromatic carboxylic acids is 1. The van der Waals surface area contributed by atoms with Crippen LogP contribution < -0.4 is 26.6 Å². The fourth-order valence-corrected chi connectivity index (χ4v) is 4.24. The first-order valence-electron chi connectivity index (χ1n) is 13.8. The molecule has 4 rings (SSSR count). The second kappa shape index (κ2) is 12.9. The van der Waals surface area contributed by atoms with E-state index in [2.05, 4.69) is 36.6 Å². The number of carbonyl (C=O) groups is 4. The van der Waals surface area contributed by atoms with E-state index in [0.29, 0.717) is 40.6 Å². The maximum atomic E-state index is 12.8. The van der Waals surface area contributed by atoms with Crippen LogP contribution in [0.2, 0.25) is 0 Å². The highest BCUT2D eigenvalue weighted by molar-refractivity contribution is 5.95. The van der Waals surface area contributed by atoms with Crippen LogP contribution in [-0.2, 0) is 37.7 Å². The molecule has 240 valence electrons. The SMILES string of the molecule is Cn1cc(Nc2nc(NC(=O)CCNC(=O)c3cc(Nc4nc(NC(=O)OC(C)(C)C)cn4C)cn3C)cn2C)cc1C(=O)O. The van der Waals surface area contributed by atoms with Gasteiger partial charge in [-0.05, 0) is 32.9 Å². The van der Waals surface area contributed by atoms with E-state index in [1.54, 1.807) is 93.5 Å². The van der Waals surface area contributed by atoms with Gasteiger partial charge >= 0.3 is 12.1 Å². The smallest absolute Gasteiger partial charge is 0.413 e. The summed E-state index contributed by atoms with van der Waals surface area (Å²) in [5.41, 5.74) is 0.940. The molecular formula is C28H37N11O6. The van der Waals surface area contributed by atoms with Crippen LogP contribution in [-0.4, -0.2) is 69.4 Å². The molecule has 0 saturated heterocycles. The zero-order valence-corrected chi connectivity index (χ0v) is 26.1. The van der Waals surface area contributed by atoms with Gasteiger partial charge in [0.05, 0.1) is 11.4 Å². The van der Waals surface area contributed by atoms with Crippen molar-refractivity contribution in [2.24, 2.45) is 28.2 Å². The number of aryl methyl sites for hydroxylation is 4. The molecule has 0 aliphatic carbocycles. The lowest BCUT2D eigenvalue weighted by Gasteiger charge is -2.18. The molecule has 17 heteroatoms. The largest absolute Gasteiger partial charge is 0.477 e. The van der Waals surface area contributed by atoms with Crippen molar-refractivity contribution >= 4 is 58.8 Å². The molecule has 0 fully saturated rings. The lowest BCUT2D eigenvalue weighted by Crippen LogP contribution is -2.29. The van der Waals surface area contributed by atoms with Gasteiger partial charge in [-0.2, -0.15) is 9.97 Å². The number of carboxylic acid groups (broad SMARTS) is 1. The fourth-order valence-electron chi connectivity index (χ4n) is 4.24. The summed E-state index contributed by atoms with van der Waals surface area (Å²) in [6, 6.07) is 3.12. The first-order valence-corrected chi connectivity index (χ1v) is 13.8. The van der Waals surface area contributed by atoms with Crippen LogP contribution in [0.1, 0.15) is 48.2 Å². The zero-order chi connectivity index (χ0) is 33.1. The summed E-state index contributed by atoms with van der Waals surface area (Å²) < 4.78 is 11.7. The average molecular weight is 624 g/mol. The summed E-state index contributed by atoms with van der Waals surface area (Å²) >= 11 is 0. The third kappa shape index (κ3) is 8.43. The molecule has 4 aromatic heterocycles. The Labute approximate surface area is 258 Å². The summed E-state index contributed by atoms with van der Waals surface area (Å²) in [4.78, 5) is 57.4. The van der Waals surface area contributed by atoms with Gasteiger partial charge in [-0.3, -0.25) is 14.9 Å². The molecule has 0 atom stereocenters. The number of nitrogens with zero attached hydrogens (tertiary/aromatic N) is 6. The summed E-state index contributed by atoms with van der Waals surface area (Å²) in [5.74, 6) is -0.366. The van der Waals surface area contributed by atoms with Crippen molar-refractivity contribution in [3.63, 3.8) is 0 Å². The van der Waals surface area contributed by atoms with Crippen LogP contribution in [0.5, 0.6) is 0 Å². The van der Waals surface area contributed by atoms with E-state index in [1.807, 2.05) is 0 Å². The predicted molar refractivity (Wildman–Crippen MR) is 166 cm³/mol. The molecule has 0 unspecified atom stereocenters. The second-order valence-corrected chi connectivity index (χ2v) is 11.3. The summed E-state index contributed by atoms with van der Waals surface area (Å²) in [6.07, 6.45) is 5.93. The molecule has 0 radical (unpaired) electrons. The topological polar surface area (TPSA) is 203 Å². The van der Waals surface area contributed by atoms with E-state index < -0.39 is 17.7 Å². The van der Waals surface area contributed by atoms with Gasteiger partial charge in [-0.25, -0.2) is 9.59 Å². The quantitative estimate of drug-likeness (QED) is 0.144. The zero-order valence-electron chi connectivity index (χ0n) is 26.1. The fraction of sp³-hybridized carbons (Fsp3) is 0.357. The van der Waals surface area contributed by atoms with Gasteiger partial charge in [0.25, 0.3) is 5.91 Å². The van der Waals surface area contributed by atoms with Gasteiger partial charge in [-0.1, -0.05) is 0 Å². The molecule has 0 aromatic carbocycles. The van der Waals surface area contributed by atoms with Gasteiger partial charge < -0.3 is 49.4 Å². The standard InChI is InChI=1S/C28H37N11O6/c1-28(2,3)45-27(44)35-21-15-39(7)26(34-21)30-16-10-18(36(4)12-16)23(41)29-9-8-22(40)32-20-14-38(6)25(33-20)31-17-11-19(24(42)43)37(5)13-17/h10-15H,8-9H2,1-7H3,(H,29,41)(H,30,34)(H,31,33)(H,32,40)(H,35,44)(H,42,43). The van der Waals surface area contributed by atoms with Crippen LogP contribution in [0.3, 0.4) is 0 Å². The van der Waals surface area contributed by atoms with Gasteiger partial charge in [-0.15, -0.1) is 0 Å². The number of carbonyl (C=O) groups excluding carboxylic acids is 3. The highest BCUT2D eigenvalue weighted by Gasteiger charge is 2.19. The molecule has 0 bridgehead atoms. The minimum atomic E-state index is -1.05. The number of amides is 3. The Morgan fingerprint density at radius 1 is 0.778 bits per heavy atom. The van der Waals surface area contributed by atoms with Crippen LogP contribution in [0, 0.1) is 0 Å². The third-order valence-electron chi connectivity index (χ3n) is 6.26. The second-order valence-electron chi connectivity index (χ2n) is 11.3. The van der Waals surface area contributed by atoms with Crippen LogP contribution in [0.25, 0.3) is 0 Å². The van der Waals surface area contributed by atoms with E-state index in [1.165, 1.54) is 10.6 Å². The summed E-state index contributed by atoms with van der Waals surface area (Å²) in [5, 5.41) is 23.4. The maximum Gasteiger partial charge on any atom is 0.413 e. The number of hydrogen-bond acceptors (Lipinski definition) is 9. The lowest BCUT2D eigenvalue weighted by atomic mass is 10.2. The lowest BCUT2D eigenvalue weighted by molar-refractivity contribution is -0.116. The Morgan fingerprint density at radius 3 is 1.80 bits per heavy atom. The molecule has 3 amide bonds. The van der Waals surface area contributed by atoms with Crippen molar-refractivity contribution in [3.05, 3.63) is 48.3 Å². The average Bonchev–Trinajstić information content (AvgIpc) is 3.65. The highest BCUT2D eigenvalue weighted by Crippen LogP contribution is 2.22. The van der Waals surface area contributed by atoms with Crippen LogP contribution in [0.15, 0.2) is 36.9 Å². The number of anilines is 6. The molecule has 6 N–H and O–H groups in total. The number of imidazole rings is 2. The summed E-state index contributed by atoms with van der Waals surface area (Å²) in [6.45, 7) is 5.38. The van der Waals surface area contributed by atoms with E-state index in [0.717, 1.165) is 0 Å². The number of ether oxygens (including phenoxy) is 1. The van der Waals surface area contributed by atoms with Gasteiger partial charge in [0.15, 0.2) is 11.6 Å². The molecule has 0 aliphatic rings. The van der Waals surface area contributed by atoms with Crippen LogP contribution >= 0.6 is 0 Å². The molecule has 0 aliphatic heterocycles. The Bertz CT molecular complexity index is 1740. The van der Waals surface area contributed by atoms with Crippen molar-refractivity contribution in [3.8, 4) is 0 Å². The van der Waals surface area contributed by atoms with Crippen molar-refractivity contribution in [1.82, 2.24) is 33.6 Å². The number of aromatic nitrogens is 6.